The fourth-order valence-electron chi connectivity index (χ4n) is 2.18. The van der Waals surface area contributed by atoms with Crippen molar-refractivity contribution in [1.82, 2.24) is 5.32 Å². The zero-order valence-electron chi connectivity index (χ0n) is 13.4. The molecule has 0 fully saturated rings. The third-order valence-electron chi connectivity index (χ3n) is 3.49. The van der Waals surface area contributed by atoms with E-state index >= 15 is 0 Å². The van der Waals surface area contributed by atoms with Crippen molar-refractivity contribution >= 4 is 17.5 Å². The minimum Gasteiger partial charge on any atom is -0.479 e. The first-order valence-corrected chi connectivity index (χ1v) is 8.04. The number of carbonyl (C=O) groups excluding carboxylic acids is 1. The molecule has 0 aliphatic rings. The third-order valence-corrected chi connectivity index (χ3v) is 3.80. The van der Waals surface area contributed by atoms with Gasteiger partial charge in [0.25, 0.3) is 5.91 Å². The summed E-state index contributed by atoms with van der Waals surface area (Å²) in [5.74, 6) is -0.0370. The van der Waals surface area contributed by atoms with E-state index in [0.717, 1.165) is 12.1 Å². The van der Waals surface area contributed by atoms with Crippen LogP contribution >= 0.6 is 11.6 Å². The van der Waals surface area contributed by atoms with Crippen LogP contribution < -0.4 is 10.1 Å². The maximum atomic E-state index is 12.7. The van der Waals surface area contributed by atoms with Crippen LogP contribution in [0.15, 0.2) is 48.5 Å². The molecule has 1 atom stereocenters. The van der Waals surface area contributed by atoms with Gasteiger partial charge in [-0.05, 0) is 36.2 Å². The highest BCUT2D eigenvalue weighted by Gasteiger charge is 2.30. The molecule has 1 N–H and O–H groups in total. The van der Waals surface area contributed by atoms with Gasteiger partial charge in [-0.25, -0.2) is 0 Å². The molecule has 25 heavy (non-hydrogen) atoms. The number of rotatable bonds is 6. The summed E-state index contributed by atoms with van der Waals surface area (Å²) >= 11 is 6.00. The van der Waals surface area contributed by atoms with Crippen LogP contribution in [-0.4, -0.2) is 12.0 Å². The smallest absolute Gasteiger partial charge is 0.416 e. The molecule has 3 nitrogen and oxygen atoms in total. The van der Waals surface area contributed by atoms with E-state index in [1.807, 2.05) is 0 Å². The lowest BCUT2D eigenvalue weighted by atomic mass is 10.1. The van der Waals surface area contributed by atoms with Crippen molar-refractivity contribution in [3.8, 4) is 5.75 Å². The van der Waals surface area contributed by atoms with Crippen molar-refractivity contribution < 1.29 is 22.7 Å². The van der Waals surface area contributed by atoms with Gasteiger partial charge in [0.2, 0.25) is 0 Å². The largest absolute Gasteiger partial charge is 0.479 e. The number of halogens is 4. The molecule has 0 saturated heterocycles. The van der Waals surface area contributed by atoms with Gasteiger partial charge in [0.05, 0.1) is 10.6 Å². The zero-order valence-corrected chi connectivity index (χ0v) is 14.2. The van der Waals surface area contributed by atoms with Gasteiger partial charge in [-0.1, -0.05) is 42.8 Å². The lowest BCUT2D eigenvalue weighted by molar-refractivity contribution is -0.137. The number of para-hydroxylation sites is 1. The Kier molecular flexibility index (Phi) is 6.31. The zero-order chi connectivity index (χ0) is 18.4. The Hall–Kier alpha value is -2.21. The van der Waals surface area contributed by atoms with Crippen LogP contribution in [-0.2, 0) is 17.5 Å². The van der Waals surface area contributed by atoms with E-state index in [4.69, 9.17) is 16.3 Å². The van der Waals surface area contributed by atoms with E-state index in [1.54, 1.807) is 31.2 Å². The number of alkyl halides is 3. The van der Waals surface area contributed by atoms with E-state index in [9.17, 15) is 18.0 Å². The molecule has 0 bridgehead atoms. The maximum Gasteiger partial charge on any atom is 0.416 e. The van der Waals surface area contributed by atoms with Crippen LogP contribution in [0.1, 0.15) is 24.5 Å². The highest BCUT2D eigenvalue weighted by atomic mass is 35.5. The molecule has 2 rings (SSSR count). The second-order valence-corrected chi connectivity index (χ2v) is 5.77. The van der Waals surface area contributed by atoms with Crippen LogP contribution in [0.3, 0.4) is 0 Å². The minimum atomic E-state index is -4.42. The molecule has 1 amide bonds. The second kappa shape index (κ2) is 8.25. The molecule has 2 aromatic rings. The standard InChI is InChI=1S/C18H17ClF3NO2/c1-2-15(25-16-9-4-3-8-14(16)19)17(24)23-11-12-6-5-7-13(10-12)18(20,21)22/h3-10,15H,2,11H2,1H3,(H,23,24)/t15-/m0/s1. The van der Waals surface area contributed by atoms with Crippen LogP contribution in [0.2, 0.25) is 5.02 Å². The number of hydrogen-bond acceptors (Lipinski definition) is 2. The Morgan fingerprint density at radius 1 is 1.20 bits per heavy atom. The van der Waals surface area contributed by atoms with Gasteiger partial charge in [-0.15, -0.1) is 0 Å². The molecule has 0 saturated carbocycles. The van der Waals surface area contributed by atoms with Gasteiger partial charge in [-0.3, -0.25) is 4.79 Å². The summed E-state index contributed by atoms with van der Waals surface area (Å²) < 4.78 is 43.7. The van der Waals surface area contributed by atoms with E-state index in [0.29, 0.717) is 22.8 Å². The summed E-state index contributed by atoms with van der Waals surface area (Å²) in [6.07, 6.45) is -4.82. The molecule has 134 valence electrons. The van der Waals surface area contributed by atoms with E-state index in [-0.39, 0.29) is 6.54 Å². The van der Waals surface area contributed by atoms with Crippen molar-refractivity contribution in [2.45, 2.75) is 32.2 Å². The van der Waals surface area contributed by atoms with Crippen molar-refractivity contribution in [1.29, 1.82) is 0 Å². The topological polar surface area (TPSA) is 38.3 Å². The van der Waals surface area contributed by atoms with Gasteiger partial charge in [0.15, 0.2) is 6.10 Å². The quantitative estimate of drug-likeness (QED) is 0.789. The molecule has 0 aromatic heterocycles. The first-order valence-electron chi connectivity index (χ1n) is 7.66. The molecule has 0 aliphatic heterocycles. The van der Waals surface area contributed by atoms with Gasteiger partial charge in [-0.2, -0.15) is 13.2 Å². The second-order valence-electron chi connectivity index (χ2n) is 5.36. The summed E-state index contributed by atoms with van der Waals surface area (Å²) in [6, 6.07) is 11.6. The number of nitrogens with one attached hydrogen (secondary N) is 1. The van der Waals surface area contributed by atoms with Crippen LogP contribution in [0.4, 0.5) is 13.2 Å². The lowest BCUT2D eigenvalue weighted by Gasteiger charge is -2.18. The predicted octanol–water partition coefficient (Wildman–Crippen LogP) is 4.83. The van der Waals surface area contributed by atoms with Crippen LogP contribution in [0.5, 0.6) is 5.75 Å². The molecule has 0 radical (unpaired) electrons. The van der Waals surface area contributed by atoms with Crippen molar-refractivity contribution in [3.63, 3.8) is 0 Å². The average Bonchev–Trinajstić information content (AvgIpc) is 2.58. The molecular formula is C18H17ClF3NO2. The molecule has 0 unspecified atom stereocenters. The predicted molar refractivity (Wildman–Crippen MR) is 89.4 cm³/mol. The van der Waals surface area contributed by atoms with E-state index in [1.165, 1.54) is 12.1 Å². The van der Waals surface area contributed by atoms with Gasteiger partial charge >= 0.3 is 6.18 Å². The van der Waals surface area contributed by atoms with Crippen molar-refractivity contribution in [3.05, 3.63) is 64.7 Å². The highest BCUT2D eigenvalue weighted by molar-refractivity contribution is 6.32. The number of carbonyl (C=O) groups is 1. The molecule has 2 aromatic carbocycles. The highest BCUT2D eigenvalue weighted by Crippen LogP contribution is 2.29. The Labute approximate surface area is 148 Å². The summed E-state index contributed by atoms with van der Waals surface area (Å²) in [6.45, 7) is 1.75. The number of hydrogen-bond donors (Lipinski definition) is 1. The SMILES string of the molecule is CC[C@H](Oc1ccccc1Cl)C(=O)NCc1cccc(C(F)(F)F)c1. The Bertz CT molecular complexity index is 734. The Morgan fingerprint density at radius 3 is 2.56 bits per heavy atom. The van der Waals surface area contributed by atoms with Gasteiger partial charge < -0.3 is 10.1 Å². The van der Waals surface area contributed by atoms with Crippen molar-refractivity contribution in [2.75, 3.05) is 0 Å². The molecular weight excluding hydrogens is 355 g/mol. The summed E-state index contributed by atoms with van der Waals surface area (Å²) in [7, 11) is 0. The first-order chi connectivity index (χ1) is 11.8. The fraction of sp³-hybridized carbons (Fsp3) is 0.278. The fourth-order valence-corrected chi connectivity index (χ4v) is 2.36. The van der Waals surface area contributed by atoms with Gasteiger partial charge in [0.1, 0.15) is 5.75 Å². The Balaban J connectivity index is 2.00. The third kappa shape index (κ3) is 5.39. The number of benzene rings is 2. The molecule has 7 heteroatoms. The normalized spacial score (nSPS) is 12.5. The maximum absolute atomic E-state index is 12.7. The molecule has 0 spiro atoms. The minimum absolute atomic E-state index is 0.0227. The molecule has 0 aliphatic carbocycles. The number of ether oxygens (including phenoxy) is 1. The van der Waals surface area contributed by atoms with E-state index in [2.05, 4.69) is 5.32 Å². The average molecular weight is 372 g/mol. The summed E-state index contributed by atoms with van der Waals surface area (Å²) in [5, 5.41) is 2.98. The van der Waals surface area contributed by atoms with Gasteiger partial charge in [0, 0.05) is 6.54 Å². The Morgan fingerprint density at radius 2 is 1.92 bits per heavy atom. The van der Waals surface area contributed by atoms with Crippen LogP contribution in [0, 0.1) is 0 Å². The van der Waals surface area contributed by atoms with E-state index < -0.39 is 23.8 Å². The van der Waals surface area contributed by atoms with Crippen LogP contribution in [0.25, 0.3) is 0 Å². The van der Waals surface area contributed by atoms with Crippen molar-refractivity contribution in [2.24, 2.45) is 0 Å². The summed E-state index contributed by atoms with van der Waals surface area (Å²) in [4.78, 5) is 12.2. The first kappa shape index (κ1) is 19.1. The lowest BCUT2D eigenvalue weighted by Crippen LogP contribution is -2.37. The molecule has 0 heterocycles. The summed E-state index contributed by atoms with van der Waals surface area (Å²) in [5.41, 5.74) is -0.394. The monoisotopic (exact) mass is 371 g/mol. The number of amides is 1.